The lowest BCUT2D eigenvalue weighted by molar-refractivity contribution is -0.113. The monoisotopic (exact) mass is 549 g/mol. The molecule has 3 aromatic carbocycles. The number of aliphatic imine (C=N–C) groups is 1. The van der Waals surface area contributed by atoms with Crippen LogP contribution in [0, 0.1) is 0 Å². The molecule has 1 aromatic heterocycles. The van der Waals surface area contributed by atoms with Gasteiger partial charge >= 0.3 is 5.97 Å². The number of ether oxygens (including phenoxy) is 2. The van der Waals surface area contributed by atoms with E-state index in [1.165, 1.54) is 40.9 Å². The molecule has 2 N–H and O–H groups in total. The van der Waals surface area contributed by atoms with Crippen molar-refractivity contribution >= 4 is 40.6 Å². The summed E-state index contributed by atoms with van der Waals surface area (Å²) in [5.41, 5.74) is 1.76. The third kappa shape index (κ3) is 3.43. The summed E-state index contributed by atoms with van der Waals surface area (Å²) in [6, 6.07) is 19.7. The van der Waals surface area contributed by atoms with Crippen LogP contribution >= 0.6 is 11.8 Å². The fraction of sp³-hybridized carbons (Fsp3) is 0.0667. The lowest BCUT2D eigenvalue weighted by Gasteiger charge is -2.36. The van der Waals surface area contributed by atoms with Gasteiger partial charge in [0.1, 0.15) is 28.7 Å². The Kier molecular flexibility index (Phi) is 5.23. The number of aromatic hydroxyl groups is 2. The number of hydrogen-bond acceptors (Lipinski definition) is 9. The van der Waals surface area contributed by atoms with E-state index in [9.17, 15) is 19.8 Å². The van der Waals surface area contributed by atoms with Crippen molar-refractivity contribution in [2.75, 3.05) is 11.2 Å². The van der Waals surface area contributed by atoms with E-state index in [-0.39, 0.29) is 28.7 Å². The first kappa shape index (κ1) is 24.0. The van der Waals surface area contributed by atoms with E-state index in [1.54, 1.807) is 54.7 Å². The van der Waals surface area contributed by atoms with Crippen LogP contribution in [0.1, 0.15) is 32.7 Å². The van der Waals surface area contributed by atoms with E-state index in [1.807, 2.05) is 12.3 Å². The molecule has 0 atom stereocenters. The Morgan fingerprint density at radius 2 is 1.60 bits per heavy atom. The normalized spacial score (nSPS) is 17.3. The minimum Gasteiger partial charge on any atom is -0.508 e. The molecule has 0 fully saturated rings. The van der Waals surface area contributed by atoms with Crippen LogP contribution in [0.3, 0.4) is 0 Å². The number of phenols is 2. The van der Waals surface area contributed by atoms with Crippen molar-refractivity contribution < 1.29 is 29.3 Å². The van der Waals surface area contributed by atoms with E-state index in [4.69, 9.17) is 9.47 Å². The summed E-state index contributed by atoms with van der Waals surface area (Å²) in [7, 11) is 0. The molecule has 0 saturated heterocycles. The lowest BCUT2D eigenvalue weighted by Crippen LogP contribution is -2.33. The van der Waals surface area contributed by atoms with Crippen LogP contribution in [0.15, 0.2) is 89.7 Å². The second-order valence-electron chi connectivity index (χ2n) is 9.29. The maximum Gasteiger partial charge on any atom is 0.340 e. The Balaban J connectivity index is 1.36. The highest BCUT2D eigenvalue weighted by molar-refractivity contribution is 8.13. The fourth-order valence-corrected chi connectivity index (χ4v) is 5.86. The molecule has 9 nitrogen and oxygen atoms in total. The molecule has 40 heavy (non-hydrogen) atoms. The fourth-order valence-electron chi connectivity index (χ4n) is 5.29. The molecule has 10 heteroatoms. The van der Waals surface area contributed by atoms with E-state index in [0.717, 1.165) is 0 Å². The van der Waals surface area contributed by atoms with Gasteiger partial charge in [-0.1, -0.05) is 23.9 Å². The van der Waals surface area contributed by atoms with Gasteiger partial charge in [-0.25, -0.2) is 9.79 Å². The topological polar surface area (TPSA) is 122 Å². The number of esters is 1. The number of thioether (sulfide) groups is 1. The number of amidine groups is 1. The molecule has 0 radical (unpaired) electrons. The first-order valence-electron chi connectivity index (χ1n) is 12.2. The summed E-state index contributed by atoms with van der Waals surface area (Å²) in [5, 5.41) is 20.7. The number of nitrogens with zero attached hydrogens (tertiary/aromatic N) is 3. The molecule has 7 rings (SSSR count). The van der Waals surface area contributed by atoms with Gasteiger partial charge in [-0.2, -0.15) is 0 Å². The number of pyridine rings is 1. The van der Waals surface area contributed by atoms with Crippen LogP contribution in [0.5, 0.6) is 23.0 Å². The number of carbonyl (C=O) groups excluding carboxylic acids is 2. The molecule has 0 unspecified atom stereocenters. The molecular formula is C30H19N3O6S. The quantitative estimate of drug-likeness (QED) is 0.260. The second-order valence-corrected chi connectivity index (χ2v) is 10.1. The standard InChI is InChI=1S/C30H19N3O6S/c1-40-29-32-24(12-16-4-2-3-11-31-16)27(36)33(29)17-5-8-21-20(13-17)28(37)39-30(21)22-9-6-18(34)14-25(22)38-26-15-19(35)7-10-23(26)30/h2-15,34-35H,1H3/b24-12-. The number of rotatable bonds is 2. The molecule has 0 saturated carbocycles. The van der Waals surface area contributed by atoms with Gasteiger partial charge in [0.15, 0.2) is 10.8 Å². The average molecular weight is 550 g/mol. The Labute approximate surface area is 232 Å². The maximum absolute atomic E-state index is 13.5. The zero-order valence-corrected chi connectivity index (χ0v) is 21.7. The number of phenolic OH excluding ortho intramolecular Hbond substituents is 2. The second kappa shape index (κ2) is 8.72. The van der Waals surface area contributed by atoms with Crippen molar-refractivity contribution in [3.05, 3.63) is 113 Å². The van der Waals surface area contributed by atoms with Crippen LogP contribution in [0.2, 0.25) is 0 Å². The minimum absolute atomic E-state index is 0.0246. The van der Waals surface area contributed by atoms with Crippen molar-refractivity contribution in [3.8, 4) is 23.0 Å². The van der Waals surface area contributed by atoms with Crippen molar-refractivity contribution in [1.29, 1.82) is 0 Å². The van der Waals surface area contributed by atoms with Gasteiger partial charge in [0.25, 0.3) is 5.91 Å². The van der Waals surface area contributed by atoms with Crippen LogP contribution in [-0.4, -0.2) is 38.5 Å². The van der Waals surface area contributed by atoms with E-state index < -0.39 is 11.6 Å². The number of carbonyl (C=O) groups is 2. The predicted octanol–water partition coefficient (Wildman–Crippen LogP) is 5.17. The zero-order valence-electron chi connectivity index (χ0n) is 20.9. The van der Waals surface area contributed by atoms with Crippen LogP contribution in [0.25, 0.3) is 6.08 Å². The van der Waals surface area contributed by atoms with Crippen molar-refractivity contribution in [2.24, 2.45) is 4.99 Å². The van der Waals surface area contributed by atoms with E-state index in [2.05, 4.69) is 9.98 Å². The van der Waals surface area contributed by atoms with Gasteiger partial charge in [-0.15, -0.1) is 0 Å². The van der Waals surface area contributed by atoms with Gasteiger partial charge in [-0.3, -0.25) is 14.7 Å². The van der Waals surface area contributed by atoms with Gasteiger partial charge in [0, 0.05) is 35.0 Å². The summed E-state index contributed by atoms with van der Waals surface area (Å²) >= 11 is 1.31. The highest BCUT2D eigenvalue weighted by Gasteiger charge is 2.54. The van der Waals surface area contributed by atoms with E-state index >= 15 is 0 Å². The third-order valence-electron chi connectivity index (χ3n) is 7.00. The van der Waals surface area contributed by atoms with Gasteiger partial charge < -0.3 is 19.7 Å². The summed E-state index contributed by atoms with van der Waals surface area (Å²) in [6.45, 7) is 0. The average Bonchev–Trinajstić information content (AvgIpc) is 3.42. The van der Waals surface area contributed by atoms with Gasteiger partial charge in [0.05, 0.1) is 16.9 Å². The maximum atomic E-state index is 13.5. The first-order chi connectivity index (χ1) is 19.4. The number of anilines is 1. The van der Waals surface area contributed by atoms with E-state index in [0.29, 0.717) is 44.7 Å². The van der Waals surface area contributed by atoms with Gasteiger partial charge in [0.2, 0.25) is 0 Å². The Hall–Kier alpha value is -5.09. The molecule has 3 aliphatic rings. The Morgan fingerprint density at radius 3 is 2.25 bits per heavy atom. The smallest absolute Gasteiger partial charge is 0.340 e. The molecule has 3 aliphatic heterocycles. The number of hydrogen-bond donors (Lipinski definition) is 2. The molecule has 1 spiro atoms. The summed E-state index contributed by atoms with van der Waals surface area (Å²) < 4.78 is 12.1. The SMILES string of the molecule is CSC1=N/C(=C\c2ccccn2)C(=O)N1c1ccc2c(c1)C(=O)OC21c2ccc(O)cc2Oc2cc(O)ccc21. The number of benzene rings is 3. The summed E-state index contributed by atoms with van der Waals surface area (Å²) in [4.78, 5) is 37.2. The van der Waals surface area contributed by atoms with Crippen molar-refractivity contribution in [1.82, 2.24) is 4.98 Å². The Bertz CT molecular complexity index is 1770. The zero-order chi connectivity index (χ0) is 27.6. The van der Waals surface area contributed by atoms with Gasteiger partial charge in [-0.05, 0) is 60.9 Å². The largest absolute Gasteiger partial charge is 0.508 e. The minimum atomic E-state index is -1.38. The highest BCUT2D eigenvalue weighted by Crippen LogP contribution is 2.57. The van der Waals surface area contributed by atoms with Crippen LogP contribution < -0.4 is 9.64 Å². The molecular weight excluding hydrogens is 530 g/mol. The third-order valence-corrected chi connectivity index (χ3v) is 7.64. The Morgan fingerprint density at radius 1 is 0.900 bits per heavy atom. The molecule has 0 bridgehead atoms. The van der Waals surface area contributed by atoms with Crippen molar-refractivity contribution in [2.45, 2.75) is 5.60 Å². The summed E-state index contributed by atoms with van der Waals surface area (Å²) in [6.07, 6.45) is 5.08. The predicted molar refractivity (Wildman–Crippen MR) is 149 cm³/mol. The molecule has 0 aliphatic carbocycles. The number of fused-ring (bicyclic) bond motifs is 6. The molecule has 4 heterocycles. The lowest BCUT2D eigenvalue weighted by atomic mass is 9.77. The van der Waals surface area contributed by atoms with Crippen LogP contribution in [0.4, 0.5) is 5.69 Å². The van der Waals surface area contributed by atoms with Crippen LogP contribution in [-0.2, 0) is 15.1 Å². The molecule has 196 valence electrons. The van der Waals surface area contributed by atoms with Crippen molar-refractivity contribution in [3.63, 3.8) is 0 Å². The number of amides is 1. The number of aromatic nitrogens is 1. The first-order valence-corrected chi connectivity index (χ1v) is 13.4. The summed E-state index contributed by atoms with van der Waals surface area (Å²) in [5.74, 6) is -0.400. The molecule has 4 aromatic rings. The highest BCUT2D eigenvalue weighted by atomic mass is 32.2. The molecule has 1 amide bonds.